The van der Waals surface area contributed by atoms with Crippen LogP contribution >= 0.6 is 0 Å². The molecule has 0 N–H and O–H groups in total. The van der Waals surface area contributed by atoms with Gasteiger partial charge in [0, 0.05) is 22.5 Å². The van der Waals surface area contributed by atoms with Crippen LogP contribution in [0.25, 0.3) is 54.6 Å². The second kappa shape index (κ2) is 10.2. The van der Waals surface area contributed by atoms with Gasteiger partial charge in [-0.1, -0.05) is 141 Å². The molecule has 0 saturated heterocycles. The van der Waals surface area contributed by atoms with Crippen LogP contribution in [0.3, 0.4) is 0 Å². The van der Waals surface area contributed by atoms with Crippen molar-refractivity contribution in [2.45, 2.75) is 19.3 Å². The summed E-state index contributed by atoms with van der Waals surface area (Å²) >= 11 is 0. The molecule has 0 spiro atoms. The van der Waals surface area contributed by atoms with Gasteiger partial charge in [0.05, 0.1) is 0 Å². The Morgan fingerprint density at radius 3 is 1.89 bits per heavy atom. The molecule has 0 heterocycles. The predicted octanol–water partition coefficient (Wildman–Crippen LogP) is 12.6. The molecule has 8 aromatic rings. The molecular formula is C45H33N. The Morgan fingerprint density at radius 2 is 1.04 bits per heavy atom. The molecule has 0 saturated carbocycles. The number of fused-ring (bicyclic) bond motifs is 9. The van der Waals surface area contributed by atoms with Crippen LogP contribution in [0, 0.1) is 0 Å². The summed E-state index contributed by atoms with van der Waals surface area (Å²) in [5.74, 6) is 0. The maximum Gasteiger partial charge on any atom is 0.0468 e. The van der Waals surface area contributed by atoms with Crippen LogP contribution < -0.4 is 4.90 Å². The van der Waals surface area contributed by atoms with E-state index in [4.69, 9.17) is 0 Å². The molecule has 9 rings (SSSR count). The third-order valence-electron chi connectivity index (χ3n) is 9.98. The molecule has 0 radical (unpaired) electrons. The molecule has 0 unspecified atom stereocenters. The minimum atomic E-state index is -0.0542. The smallest absolute Gasteiger partial charge is 0.0468 e. The highest BCUT2D eigenvalue weighted by Gasteiger charge is 2.36. The maximum absolute atomic E-state index is 2.38. The molecule has 1 aliphatic rings. The maximum atomic E-state index is 2.38. The molecule has 0 bridgehead atoms. The highest BCUT2D eigenvalue weighted by atomic mass is 15.1. The standard InChI is InChI=1S/C45H33N/c1-45(2)42-19-10-9-18-38(42)40-27-26-39-41(44(40)45)24-22-31-20-21-33-29-36(23-25-37(33)43(31)39)46(34-15-7-4-8-16-34)35-17-11-14-32(28-35)30-12-5-3-6-13-30/h3-29H,1-2H3. The number of hydrogen-bond acceptors (Lipinski definition) is 1. The van der Waals surface area contributed by atoms with Gasteiger partial charge in [0.25, 0.3) is 0 Å². The molecule has 0 aromatic heterocycles. The lowest BCUT2D eigenvalue weighted by Crippen LogP contribution is -2.15. The molecule has 0 amide bonds. The van der Waals surface area contributed by atoms with E-state index in [-0.39, 0.29) is 5.41 Å². The monoisotopic (exact) mass is 587 g/mol. The summed E-state index contributed by atoms with van der Waals surface area (Å²) in [6, 6.07) is 60.0. The first kappa shape index (κ1) is 26.7. The van der Waals surface area contributed by atoms with Gasteiger partial charge in [0.2, 0.25) is 0 Å². The van der Waals surface area contributed by atoms with Crippen molar-refractivity contribution in [2.24, 2.45) is 0 Å². The summed E-state index contributed by atoms with van der Waals surface area (Å²) in [5.41, 5.74) is 11.4. The number of nitrogens with zero attached hydrogens (tertiary/aromatic N) is 1. The fraction of sp³-hybridized carbons (Fsp3) is 0.0667. The van der Waals surface area contributed by atoms with Gasteiger partial charge >= 0.3 is 0 Å². The van der Waals surface area contributed by atoms with E-state index < -0.39 is 0 Å². The lowest BCUT2D eigenvalue weighted by Gasteiger charge is -2.26. The van der Waals surface area contributed by atoms with Gasteiger partial charge < -0.3 is 4.90 Å². The van der Waals surface area contributed by atoms with Gasteiger partial charge in [-0.3, -0.25) is 0 Å². The van der Waals surface area contributed by atoms with E-state index in [1.807, 2.05) is 0 Å². The molecule has 0 atom stereocenters. The van der Waals surface area contributed by atoms with E-state index in [0.29, 0.717) is 0 Å². The van der Waals surface area contributed by atoms with Gasteiger partial charge in [-0.05, 0) is 102 Å². The van der Waals surface area contributed by atoms with Gasteiger partial charge in [-0.15, -0.1) is 0 Å². The Morgan fingerprint density at radius 1 is 0.413 bits per heavy atom. The first-order valence-corrected chi connectivity index (χ1v) is 16.1. The molecule has 8 aromatic carbocycles. The largest absolute Gasteiger partial charge is 0.310 e. The Balaban J connectivity index is 1.24. The Hall–Kier alpha value is -5.66. The molecule has 0 fully saturated rings. The topological polar surface area (TPSA) is 3.24 Å². The van der Waals surface area contributed by atoms with Crippen LogP contribution in [0.2, 0.25) is 0 Å². The second-order valence-electron chi connectivity index (χ2n) is 13.0. The normalized spacial score (nSPS) is 13.2. The van der Waals surface area contributed by atoms with Crippen LogP contribution in [0.5, 0.6) is 0 Å². The molecule has 218 valence electrons. The Bertz CT molecular complexity index is 2440. The molecular weight excluding hydrogens is 555 g/mol. The SMILES string of the molecule is CC1(C)c2ccccc2-c2ccc3c(ccc4ccc5cc(N(c6ccccc6)c6cccc(-c7ccccc7)c6)ccc5c43)c21. The Labute approximate surface area is 270 Å². The van der Waals surface area contributed by atoms with E-state index >= 15 is 0 Å². The molecule has 46 heavy (non-hydrogen) atoms. The average Bonchev–Trinajstić information content (AvgIpc) is 3.35. The summed E-state index contributed by atoms with van der Waals surface area (Å²) < 4.78 is 0. The van der Waals surface area contributed by atoms with E-state index in [0.717, 1.165) is 17.1 Å². The van der Waals surface area contributed by atoms with E-state index in [1.54, 1.807) is 0 Å². The molecule has 0 aliphatic heterocycles. The van der Waals surface area contributed by atoms with Crippen LogP contribution in [-0.4, -0.2) is 0 Å². The molecule has 1 nitrogen and oxygen atoms in total. The van der Waals surface area contributed by atoms with Crippen LogP contribution in [0.15, 0.2) is 164 Å². The summed E-state index contributed by atoms with van der Waals surface area (Å²) in [6.07, 6.45) is 0. The average molecular weight is 588 g/mol. The van der Waals surface area contributed by atoms with Crippen molar-refractivity contribution in [3.8, 4) is 22.3 Å². The van der Waals surface area contributed by atoms with Gasteiger partial charge in [-0.2, -0.15) is 0 Å². The lowest BCUT2D eigenvalue weighted by atomic mass is 9.79. The number of para-hydroxylation sites is 1. The summed E-state index contributed by atoms with van der Waals surface area (Å²) in [7, 11) is 0. The first-order valence-electron chi connectivity index (χ1n) is 16.1. The van der Waals surface area contributed by atoms with Crippen molar-refractivity contribution in [1.82, 2.24) is 0 Å². The van der Waals surface area contributed by atoms with E-state index in [9.17, 15) is 0 Å². The summed E-state index contributed by atoms with van der Waals surface area (Å²) in [5, 5.41) is 7.80. The van der Waals surface area contributed by atoms with Crippen LogP contribution in [-0.2, 0) is 5.41 Å². The number of rotatable bonds is 4. The van der Waals surface area contributed by atoms with Crippen molar-refractivity contribution in [3.05, 3.63) is 175 Å². The first-order chi connectivity index (χ1) is 22.6. The molecule has 1 heteroatoms. The van der Waals surface area contributed by atoms with Crippen LogP contribution in [0.4, 0.5) is 17.1 Å². The van der Waals surface area contributed by atoms with Crippen LogP contribution in [0.1, 0.15) is 25.0 Å². The third-order valence-corrected chi connectivity index (χ3v) is 9.98. The molecule has 1 aliphatic carbocycles. The fourth-order valence-electron chi connectivity index (χ4n) is 7.87. The summed E-state index contributed by atoms with van der Waals surface area (Å²) in [4.78, 5) is 2.37. The van der Waals surface area contributed by atoms with Crippen molar-refractivity contribution in [1.29, 1.82) is 0 Å². The predicted molar refractivity (Wildman–Crippen MR) is 197 cm³/mol. The second-order valence-corrected chi connectivity index (χ2v) is 13.0. The lowest BCUT2D eigenvalue weighted by molar-refractivity contribution is 0.666. The van der Waals surface area contributed by atoms with Crippen molar-refractivity contribution < 1.29 is 0 Å². The van der Waals surface area contributed by atoms with Gasteiger partial charge in [0.15, 0.2) is 0 Å². The summed E-state index contributed by atoms with van der Waals surface area (Å²) in [6.45, 7) is 4.75. The Kier molecular flexibility index (Phi) is 5.92. The number of benzene rings is 8. The van der Waals surface area contributed by atoms with E-state index in [1.165, 1.54) is 65.7 Å². The fourth-order valence-corrected chi connectivity index (χ4v) is 7.87. The van der Waals surface area contributed by atoms with Crippen molar-refractivity contribution in [2.75, 3.05) is 4.90 Å². The van der Waals surface area contributed by atoms with E-state index in [2.05, 4.69) is 183 Å². The zero-order valence-electron chi connectivity index (χ0n) is 26.0. The van der Waals surface area contributed by atoms with Crippen molar-refractivity contribution in [3.63, 3.8) is 0 Å². The van der Waals surface area contributed by atoms with Gasteiger partial charge in [-0.25, -0.2) is 0 Å². The zero-order chi connectivity index (χ0) is 30.8. The quantitative estimate of drug-likeness (QED) is 0.185. The highest BCUT2D eigenvalue weighted by molar-refractivity contribution is 6.22. The zero-order valence-corrected chi connectivity index (χ0v) is 26.0. The third kappa shape index (κ3) is 4.02. The minimum Gasteiger partial charge on any atom is -0.310 e. The minimum absolute atomic E-state index is 0.0542. The number of anilines is 3. The number of hydrogen-bond donors (Lipinski definition) is 0. The van der Waals surface area contributed by atoms with Crippen molar-refractivity contribution >= 4 is 49.4 Å². The van der Waals surface area contributed by atoms with Gasteiger partial charge in [0.1, 0.15) is 0 Å². The highest BCUT2D eigenvalue weighted by Crippen LogP contribution is 2.52.